The minimum Gasteiger partial charge on any atom is -0.494 e. The number of halogens is 1. The molecule has 0 fully saturated rings. The SMILES string of the molecule is COc1cccc(C(=O)CCc2ccc(N)cc2)c1F. The van der Waals surface area contributed by atoms with Gasteiger partial charge in [-0.1, -0.05) is 18.2 Å². The summed E-state index contributed by atoms with van der Waals surface area (Å²) in [7, 11) is 1.38. The second-order valence-corrected chi connectivity index (χ2v) is 4.49. The van der Waals surface area contributed by atoms with Crippen molar-refractivity contribution >= 4 is 11.5 Å². The summed E-state index contributed by atoms with van der Waals surface area (Å²) >= 11 is 0. The van der Waals surface area contributed by atoms with Crippen molar-refractivity contribution in [2.45, 2.75) is 12.8 Å². The van der Waals surface area contributed by atoms with Crippen molar-refractivity contribution in [3.8, 4) is 5.75 Å². The molecule has 4 heteroatoms. The van der Waals surface area contributed by atoms with E-state index in [0.29, 0.717) is 12.1 Å². The normalized spacial score (nSPS) is 10.3. The zero-order valence-corrected chi connectivity index (χ0v) is 11.2. The molecule has 2 aromatic rings. The highest BCUT2D eigenvalue weighted by Gasteiger charge is 2.15. The van der Waals surface area contributed by atoms with Crippen LogP contribution in [-0.4, -0.2) is 12.9 Å². The van der Waals surface area contributed by atoms with E-state index in [-0.39, 0.29) is 23.5 Å². The quantitative estimate of drug-likeness (QED) is 0.672. The number of Topliss-reactive ketones (excluding diaryl/α,β-unsaturated/α-hetero) is 1. The van der Waals surface area contributed by atoms with Crippen molar-refractivity contribution in [2.75, 3.05) is 12.8 Å². The number of nitrogens with two attached hydrogens (primary N) is 1. The Hall–Kier alpha value is -2.36. The van der Waals surface area contributed by atoms with Crippen LogP contribution in [0.5, 0.6) is 5.75 Å². The molecule has 104 valence electrons. The summed E-state index contributed by atoms with van der Waals surface area (Å²) in [5.74, 6) is -0.751. The number of benzene rings is 2. The van der Waals surface area contributed by atoms with Crippen LogP contribution >= 0.6 is 0 Å². The van der Waals surface area contributed by atoms with Gasteiger partial charge in [0, 0.05) is 12.1 Å². The Kier molecular flexibility index (Phi) is 4.35. The smallest absolute Gasteiger partial charge is 0.175 e. The Morgan fingerprint density at radius 3 is 2.55 bits per heavy atom. The van der Waals surface area contributed by atoms with E-state index in [9.17, 15) is 9.18 Å². The lowest BCUT2D eigenvalue weighted by atomic mass is 10.0. The molecule has 0 aliphatic heterocycles. The summed E-state index contributed by atoms with van der Waals surface area (Å²) in [5, 5.41) is 0. The van der Waals surface area contributed by atoms with Gasteiger partial charge in [0.2, 0.25) is 0 Å². The third-order valence-corrected chi connectivity index (χ3v) is 3.10. The first-order chi connectivity index (χ1) is 9.61. The lowest BCUT2D eigenvalue weighted by Gasteiger charge is -2.07. The van der Waals surface area contributed by atoms with E-state index in [1.54, 1.807) is 18.2 Å². The number of rotatable bonds is 5. The van der Waals surface area contributed by atoms with E-state index in [1.165, 1.54) is 19.2 Å². The van der Waals surface area contributed by atoms with E-state index in [4.69, 9.17) is 10.5 Å². The van der Waals surface area contributed by atoms with Crippen LogP contribution in [0.25, 0.3) is 0 Å². The standard InChI is InChI=1S/C16H16FNO2/c1-20-15-4-2-3-13(16(15)17)14(19)10-7-11-5-8-12(18)9-6-11/h2-6,8-9H,7,10,18H2,1H3. The molecule has 0 heterocycles. The summed E-state index contributed by atoms with van der Waals surface area (Å²) in [4.78, 5) is 12.1. The summed E-state index contributed by atoms with van der Waals surface area (Å²) in [6.45, 7) is 0. The molecule has 2 N–H and O–H groups in total. The Labute approximate surface area is 117 Å². The first kappa shape index (κ1) is 14.1. The topological polar surface area (TPSA) is 52.3 Å². The van der Waals surface area contributed by atoms with E-state index >= 15 is 0 Å². The van der Waals surface area contributed by atoms with Crippen LogP contribution in [0.2, 0.25) is 0 Å². The number of ether oxygens (including phenoxy) is 1. The van der Waals surface area contributed by atoms with E-state index in [2.05, 4.69) is 0 Å². The Balaban J connectivity index is 2.07. The number of aryl methyl sites for hydroxylation is 1. The maximum atomic E-state index is 13.9. The van der Waals surface area contributed by atoms with Gasteiger partial charge >= 0.3 is 0 Å². The van der Waals surface area contributed by atoms with Gasteiger partial charge in [0.05, 0.1) is 12.7 Å². The molecule has 0 spiro atoms. The fourth-order valence-electron chi connectivity index (χ4n) is 1.96. The molecule has 3 nitrogen and oxygen atoms in total. The van der Waals surface area contributed by atoms with Gasteiger partial charge in [0.15, 0.2) is 17.3 Å². The highest BCUT2D eigenvalue weighted by Crippen LogP contribution is 2.21. The van der Waals surface area contributed by atoms with Gasteiger partial charge in [-0.3, -0.25) is 4.79 Å². The van der Waals surface area contributed by atoms with Gasteiger partial charge in [-0.15, -0.1) is 0 Å². The second kappa shape index (κ2) is 6.19. The molecule has 0 unspecified atom stereocenters. The van der Waals surface area contributed by atoms with Gasteiger partial charge < -0.3 is 10.5 Å². The number of hydrogen-bond acceptors (Lipinski definition) is 3. The maximum Gasteiger partial charge on any atom is 0.175 e. The molecule has 0 atom stereocenters. The van der Waals surface area contributed by atoms with Crippen LogP contribution in [-0.2, 0) is 6.42 Å². The van der Waals surface area contributed by atoms with E-state index in [1.807, 2.05) is 12.1 Å². The molecule has 0 amide bonds. The summed E-state index contributed by atoms with van der Waals surface area (Å²) in [6.07, 6.45) is 0.795. The summed E-state index contributed by atoms with van der Waals surface area (Å²) in [6, 6.07) is 11.9. The van der Waals surface area contributed by atoms with Crippen molar-refractivity contribution in [3.05, 3.63) is 59.4 Å². The molecule has 0 bridgehead atoms. The number of ketones is 1. The molecular weight excluding hydrogens is 257 g/mol. The number of hydrogen-bond donors (Lipinski definition) is 1. The van der Waals surface area contributed by atoms with Gasteiger partial charge in [0.25, 0.3) is 0 Å². The van der Waals surface area contributed by atoms with Gasteiger partial charge in [-0.05, 0) is 36.2 Å². The van der Waals surface area contributed by atoms with Gasteiger partial charge in [-0.25, -0.2) is 4.39 Å². The number of methoxy groups -OCH3 is 1. The van der Waals surface area contributed by atoms with Gasteiger partial charge in [0.1, 0.15) is 0 Å². The Bertz CT molecular complexity index is 608. The zero-order chi connectivity index (χ0) is 14.5. The molecule has 0 saturated carbocycles. The van der Waals surface area contributed by atoms with Crippen molar-refractivity contribution in [1.82, 2.24) is 0 Å². The van der Waals surface area contributed by atoms with Crippen LogP contribution in [0.15, 0.2) is 42.5 Å². The molecular formula is C16H16FNO2. The molecule has 20 heavy (non-hydrogen) atoms. The Morgan fingerprint density at radius 2 is 1.90 bits per heavy atom. The summed E-state index contributed by atoms with van der Waals surface area (Å²) in [5.41, 5.74) is 7.34. The third kappa shape index (κ3) is 3.15. The number of nitrogen functional groups attached to an aromatic ring is 1. The molecule has 2 rings (SSSR count). The van der Waals surface area contributed by atoms with Crippen LogP contribution in [0, 0.1) is 5.82 Å². The average molecular weight is 273 g/mol. The largest absolute Gasteiger partial charge is 0.494 e. The lowest BCUT2D eigenvalue weighted by molar-refractivity contribution is 0.0978. The molecule has 0 aliphatic rings. The second-order valence-electron chi connectivity index (χ2n) is 4.49. The van der Waals surface area contributed by atoms with Crippen molar-refractivity contribution in [2.24, 2.45) is 0 Å². The van der Waals surface area contributed by atoms with Crippen LogP contribution < -0.4 is 10.5 Å². The molecule has 2 aromatic carbocycles. The first-order valence-electron chi connectivity index (χ1n) is 6.32. The zero-order valence-electron chi connectivity index (χ0n) is 11.2. The lowest BCUT2D eigenvalue weighted by Crippen LogP contribution is -2.05. The molecule has 0 aliphatic carbocycles. The third-order valence-electron chi connectivity index (χ3n) is 3.10. The van der Waals surface area contributed by atoms with Crippen molar-refractivity contribution in [1.29, 1.82) is 0 Å². The fraction of sp³-hybridized carbons (Fsp3) is 0.188. The molecule has 0 aromatic heterocycles. The minimum atomic E-state index is -0.600. The highest BCUT2D eigenvalue weighted by atomic mass is 19.1. The van der Waals surface area contributed by atoms with Crippen LogP contribution in [0.1, 0.15) is 22.3 Å². The van der Waals surface area contributed by atoms with E-state index in [0.717, 1.165) is 5.56 Å². The Morgan fingerprint density at radius 1 is 1.20 bits per heavy atom. The molecule has 0 saturated heterocycles. The molecule has 0 radical (unpaired) electrons. The number of carbonyl (C=O) groups is 1. The number of carbonyl (C=O) groups excluding carboxylic acids is 1. The predicted molar refractivity (Wildman–Crippen MR) is 76.5 cm³/mol. The summed E-state index contributed by atoms with van der Waals surface area (Å²) < 4.78 is 18.8. The van der Waals surface area contributed by atoms with Crippen molar-refractivity contribution < 1.29 is 13.9 Å². The van der Waals surface area contributed by atoms with Crippen molar-refractivity contribution in [3.63, 3.8) is 0 Å². The van der Waals surface area contributed by atoms with Crippen LogP contribution in [0.4, 0.5) is 10.1 Å². The fourth-order valence-corrected chi connectivity index (χ4v) is 1.96. The minimum absolute atomic E-state index is 0.0693. The predicted octanol–water partition coefficient (Wildman–Crippen LogP) is 3.23. The van der Waals surface area contributed by atoms with Crippen LogP contribution in [0.3, 0.4) is 0 Å². The van der Waals surface area contributed by atoms with E-state index < -0.39 is 5.82 Å². The first-order valence-corrected chi connectivity index (χ1v) is 6.32. The highest BCUT2D eigenvalue weighted by molar-refractivity contribution is 5.96. The monoisotopic (exact) mass is 273 g/mol. The average Bonchev–Trinajstić information content (AvgIpc) is 2.46. The number of anilines is 1. The maximum absolute atomic E-state index is 13.9. The van der Waals surface area contributed by atoms with Gasteiger partial charge in [-0.2, -0.15) is 0 Å².